The molecule has 0 spiro atoms. The SMILES string of the molecule is CC1CC(C(=O)NC(C)C2CCOCC2)(C(N)=S)C1. The smallest absolute Gasteiger partial charge is 0.233 e. The molecule has 108 valence electrons. The Morgan fingerprint density at radius 1 is 1.42 bits per heavy atom. The molecule has 3 N–H and O–H groups in total. The van der Waals surface area contributed by atoms with Gasteiger partial charge in [0.25, 0.3) is 0 Å². The van der Waals surface area contributed by atoms with Gasteiger partial charge in [0.1, 0.15) is 0 Å². The quantitative estimate of drug-likeness (QED) is 0.770. The van der Waals surface area contributed by atoms with Crippen molar-refractivity contribution in [3.8, 4) is 0 Å². The minimum atomic E-state index is -0.589. The van der Waals surface area contributed by atoms with Gasteiger partial charge in [-0.2, -0.15) is 0 Å². The van der Waals surface area contributed by atoms with Crippen molar-refractivity contribution in [2.45, 2.75) is 45.6 Å². The van der Waals surface area contributed by atoms with E-state index < -0.39 is 5.41 Å². The highest BCUT2D eigenvalue weighted by Gasteiger charge is 2.51. The maximum atomic E-state index is 12.5. The second kappa shape index (κ2) is 5.75. The lowest BCUT2D eigenvalue weighted by molar-refractivity contribution is -0.134. The van der Waals surface area contributed by atoms with Gasteiger partial charge in [0, 0.05) is 19.3 Å². The Morgan fingerprint density at radius 2 is 2.00 bits per heavy atom. The van der Waals surface area contributed by atoms with Crippen LogP contribution in [0, 0.1) is 17.3 Å². The maximum absolute atomic E-state index is 12.5. The Kier molecular flexibility index (Phi) is 4.46. The summed E-state index contributed by atoms with van der Waals surface area (Å²) in [6.07, 6.45) is 3.60. The van der Waals surface area contributed by atoms with Crippen LogP contribution in [0.2, 0.25) is 0 Å². The van der Waals surface area contributed by atoms with Gasteiger partial charge in [-0.05, 0) is 44.4 Å². The van der Waals surface area contributed by atoms with E-state index in [1.165, 1.54) is 0 Å². The molecule has 0 bridgehead atoms. The second-order valence-corrected chi connectivity index (χ2v) is 6.61. The molecule has 1 amide bonds. The van der Waals surface area contributed by atoms with E-state index >= 15 is 0 Å². The zero-order valence-electron chi connectivity index (χ0n) is 11.8. The number of thiocarbonyl (C=S) groups is 1. The van der Waals surface area contributed by atoms with E-state index in [1.807, 2.05) is 0 Å². The molecule has 2 aliphatic rings. The molecular weight excluding hydrogens is 260 g/mol. The topological polar surface area (TPSA) is 64.3 Å². The number of ether oxygens (including phenoxy) is 1. The number of hydrogen-bond acceptors (Lipinski definition) is 3. The average Bonchev–Trinajstić information content (AvgIpc) is 2.35. The van der Waals surface area contributed by atoms with E-state index in [0.717, 1.165) is 38.9 Å². The van der Waals surface area contributed by atoms with Gasteiger partial charge < -0.3 is 15.8 Å². The summed E-state index contributed by atoms with van der Waals surface area (Å²) in [6, 6.07) is 0.165. The first-order valence-corrected chi connectivity index (χ1v) is 7.55. The van der Waals surface area contributed by atoms with E-state index in [9.17, 15) is 4.79 Å². The molecule has 0 radical (unpaired) electrons. The van der Waals surface area contributed by atoms with Crippen LogP contribution in [0.4, 0.5) is 0 Å². The van der Waals surface area contributed by atoms with Gasteiger partial charge in [-0.1, -0.05) is 19.1 Å². The van der Waals surface area contributed by atoms with Crippen LogP contribution in [-0.4, -0.2) is 30.2 Å². The molecule has 1 heterocycles. The largest absolute Gasteiger partial charge is 0.392 e. The van der Waals surface area contributed by atoms with E-state index in [0.29, 0.717) is 16.8 Å². The van der Waals surface area contributed by atoms with Crippen molar-refractivity contribution in [1.82, 2.24) is 5.32 Å². The van der Waals surface area contributed by atoms with Crippen molar-refractivity contribution in [1.29, 1.82) is 0 Å². The number of carbonyl (C=O) groups is 1. The zero-order valence-corrected chi connectivity index (χ0v) is 12.6. The molecule has 0 aromatic carbocycles. The Balaban J connectivity index is 1.94. The molecule has 0 aromatic rings. The third kappa shape index (κ3) is 2.92. The van der Waals surface area contributed by atoms with Crippen LogP contribution in [0.15, 0.2) is 0 Å². The fraction of sp³-hybridized carbons (Fsp3) is 0.857. The van der Waals surface area contributed by atoms with Gasteiger partial charge in [-0.15, -0.1) is 0 Å². The predicted octanol–water partition coefficient (Wildman–Crippen LogP) is 1.62. The fourth-order valence-electron chi connectivity index (χ4n) is 3.31. The maximum Gasteiger partial charge on any atom is 0.233 e. The van der Waals surface area contributed by atoms with Crippen LogP contribution < -0.4 is 11.1 Å². The summed E-state index contributed by atoms with van der Waals surface area (Å²) in [4.78, 5) is 12.8. The lowest BCUT2D eigenvalue weighted by atomic mass is 9.62. The van der Waals surface area contributed by atoms with Crippen LogP contribution in [-0.2, 0) is 9.53 Å². The van der Waals surface area contributed by atoms with Crippen LogP contribution in [0.1, 0.15) is 39.5 Å². The molecule has 1 aliphatic carbocycles. The molecule has 2 fully saturated rings. The number of rotatable bonds is 4. The number of hydrogen-bond donors (Lipinski definition) is 2. The lowest BCUT2D eigenvalue weighted by Crippen LogP contribution is -2.58. The van der Waals surface area contributed by atoms with Crippen molar-refractivity contribution < 1.29 is 9.53 Å². The van der Waals surface area contributed by atoms with Crippen molar-refractivity contribution in [3.63, 3.8) is 0 Å². The van der Waals surface area contributed by atoms with Gasteiger partial charge in [0.05, 0.1) is 10.4 Å². The number of nitrogens with two attached hydrogens (primary N) is 1. The molecule has 1 aliphatic heterocycles. The van der Waals surface area contributed by atoms with Crippen LogP contribution >= 0.6 is 12.2 Å². The lowest BCUT2D eigenvalue weighted by Gasteiger charge is -2.45. The van der Waals surface area contributed by atoms with E-state index in [-0.39, 0.29) is 11.9 Å². The first-order chi connectivity index (χ1) is 8.95. The molecular formula is C14H24N2O2S. The predicted molar refractivity (Wildman–Crippen MR) is 78.8 cm³/mol. The summed E-state index contributed by atoms with van der Waals surface area (Å²) in [6.45, 7) is 5.79. The van der Waals surface area contributed by atoms with Crippen molar-refractivity contribution in [3.05, 3.63) is 0 Å². The Morgan fingerprint density at radius 3 is 2.47 bits per heavy atom. The molecule has 5 heteroatoms. The Labute approximate surface area is 120 Å². The van der Waals surface area contributed by atoms with Crippen molar-refractivity contribution in [2.75, 3.05) is 13.2 Å². The van der Waals surface area contributed by atoms with Gasteiger partial charge in [0.15, 0.2) is 0 Å². The number of nitrogens with one attached hydrogen (secondary N) is 1. The summed E-state index contributed by atoms with van der Waals surface area (Å²) in [5, 5.41) is 3.13. The highest BCUT2D eigenvalue weighted by molar-refractivity contribution is 7.80. The summed E-state index contributed by atoms with van der Waals surface area (Å²) in [7, 11) is 0. The van der Waals surface area contributed by atoms with E-state index in [1.54, 1.807) is 0 Å². The minimum absolute atomic E-state index is 0.0251. The molecule has 4 nitrogen and oxygen atoms in total. The third-order valence-electron chi connectivity index (χ3n) is 4.63. The van der Waals surface area contributed by atoms with Crippen molar-refractivity contribution in [2.24, 2.45) is 23.0 Å². The Hall–Kier alpha value is -0.680. The van der Waals surface area contributed by atoms with Gasteiger partial charge in [-0.3, -0.25) is 4.79 Å². The first kappa shape index (κ1) is 14.7. The minimum Gasteiger partial charge on any atom is -0.392 e. The number of amides is 1. The van der Waals surface area contributed by atoms with Gasteiger partial charge in [-0.25, -0.2) is 0 Å². The Bertz CT molecular complexity index is 360. The summed E-state index contributed by atoms with van der Waals surface area (Å²) in [5.41, 5.74) is 5.21. The van der Waals surface area contributed by atoms with Gasteiger partial charge in [0.2, 0.25) is 5.91 Å². The molecule has 0 aromatic heterocycles. The molecule has 2 rings (SSSR count). The second-order valence-electron chi connectivity index (χ2n) is 6.17. The molecule has 1 atom stereocenters. The molecule has 1 unspecified atom stereocenters. The van der Waals surface area contributed by atoms with Crippen molar-refractivity contribution >= 4 is 23.1 Å². The summed E-state index contributed by atoms with van der Waals surface area (Å²) >= 11 is 5.12. The zero-order chi connectivity index (χ0) is 14.0. The van der Waals surface area contributed by atoms with E-state index in [2.05, 4.69) is 19.2 Å². The van der Waals surface area contributed by atoms with Crippen LogP contribution in [0.25, 0.3) is 0 Å². The monoisotopic (exact) mass is 284 g/mol. The number of carbonyl (C=O) groups excluding carboxylic acids is 1. The summed E-state index contributed by atoms with van der Waals surface area (Å²) in [5.74, 6) is 1.06. The summed E-state index contributed by atoms with van der Waals surface area (Å²) < 4.78 is 5.35. The molecule has 1 saturated heterocycles. The fourth-order valence-corrected chi connectivity index (χ4v) is 3.57. The molecule has 1 saturated carbocycles. The third-order valence-corrected chi connectivity index (χ3v) is 5.02. The van der Waals surface area contributed by atoms with E-state index in [4.69, 9.17) is 22.7 Å². The van der Waals surface area contributed by atoms with Crippen LogP contribution in [0.5, 0.6) is 0 Å². The average molecular weight is 284 g/mol. The van der Waals surface area contributed by atoms with Gasteiger partial charge >= 0.3 is 0 Å². The highest BCUT2D eigenvalue weighted by Crippen LogP contribution is 2.46. The standard InChI is InChI=1S/C14H24N2O2S/c1-9-7-14(8-9,12(15)19)13(17)16-10(2)11-3-5-18-6-4-11/h9-11H,3-8H2,1-2H3,(H2,15,19)(H,16,17). The first-order valence-electron chi connectivity index (χ1n) is 7.14. The molecule has 19 heavy (non-hydrogen) atoms. The van der Waals surface area contributed by atoms with Crippen LogP contribution in [0.3, 0.4) is 0 Å². The normalized spacial score (nSPS) is 33.3. The highest BCUT2D eigenvalue weighted by atomic mass is 32.1.